The molecule has 1 N–H and O–H groups in total. The molecule has 2 heterocycles. The van der Waals surface area contributed by atoms with Gasteiger partial charge in [-0.25, -0.2) is 9.59 Å². The molecule has 7 nitrogen and oxygen atoms in total. The number of nitrogens with zero attached hydrogens (tertiary/aromatic N) is 2. The smallest absolute Gasteiger partial charge is 0.419 e. The molecular formula is C19H27N3O4. The van der Waals surface area contributed by atoms with Crippen molar-refractivity contribution < 1.29 is 13.9 Å². The second-order valence-corrected chi connectivity index (χ2v) is 7.75. The summed E-state index contributed by atoms with van der Waals surface area (Å²) in [6.45, 7) is 8.71. The van der Waals surface area contributed by atoms with Crippen LogP contribution >= 0.6 is 0 Å². The Morgan fingerprint density at radius 2 is 1.92 bits per heavy atom. The van der Waals surface area contributed by atoms with E-state index in [0.717, 1.165) is 38.0 Å². The van der Waals surface area contributed by atoms with Gasteiger partial charge in [0, 0.05) is 32.2 Å². The predicted octanol–water partition coefficient (Wildman–Crippen LogP) is 2.58. The number of oxazole rings is 1. The van der Waals surface area contributed by atoms with Gasteiger partial charge in [0.05, 0.1) is 5.52 Å². The molecule has 1 fully saturated rings. The molecule has 1 aromatic carbocycles. The van der Waals surface area contributed by atoms with Gasteiger partial charge in [-0.15, -0.1) is 0 Å². The van der Waals surface area contributed by atoms with Crippen molar-refractivity contribution >= 4 is 17.2 Å². The number of para-hydroxylation sites is 2. The number of amides is 1. The maximum absolute atomic E-state index is 12.0. The maximum Gasteiger partial charge on any atom is 0.419 e. The van der Waals surface area contributed by atoms with Crippen molar-refractivity contribution in [1.82, 2.24) is 14.8 Å². The Kier molecular flexibility index (Phi) is 5.36. The monoisotopic (exact) mass is 361 g/mol. The third-order valence-electron chi connectivity index (χ3n) is 4.52. The molecule has 1 aromatic heterocycles. The summed E-state index contributed by atoms with van der Waals surface area (Å²) in [5.41, 5.74) is 0.975. The number of fused-ring (bicyclic) bond motifs is 1. The second kappa shape index (κ2) is 7.53. The summed E-state index contributed by atoms with van der Waals surface area (Å²) in [4.78, 5) is 26.2. The van der Waals surface area contributed by atoms with Crippen LogP contribution in [0.15, 0.2) is 33.5 Å². The third kappa shape index (κ3) is 4.66. The lowest BCUT2D eigenvalue weighted by Crippen LogP contribution is -2.46. The van der Waals surface area contributed by atoms with Gasteiger partial charge < -0.3 is 19.4 Å². The van der Waals surface area contributed by atoms with Gasteiger partial charge in [-0.2, -0.15) is 0 Å². The first-order valence-electron chi connectivity index (χ1n) is 9.12. The third-order valence-corrected chi connectivity index (χ3v) is 4.52. The highest BCUT2D eigenvalue weighted by atomic mass is 16.6. The lowest BCUT2D eigenvalue weighted by molar-refractivity contribution is 0.0478. The maximum atomic E-state index is 12.0. The van der Waals surface area contributed by atoms with Crippen molar-refractivity contribution in [2.45, 2.75) is 51.8 Å². The molecule has 142 valence electrons. The van der Waals surface area contributed by atoms with E-state index < -0.39 is 5.60 Å². The summed E-state index contributed by atoms with van der Waals surface area (Å²) in [6, 6.07) is 7.61. The number of nitrogens with one attached hydrogen (secondary N) is 1. The Morgan fingerprint density at radius 1 is 1.23 bits per heavy atom. The van der Waals surface area contributed by atoms with E-state index in [1.807, 2.05) is 39.0 Å². The van der Waals surface area contributed by atoms with E-state index in [0.29, 0.717) is 12.1 Å². The summed E-state index contributed by atoms with van der Waals surface area (Å²) in [5.74, 6) is -0.312. The van der Waals surface area contributed by atoms with E-state index in [1.54, 1.807) is 10.6 Å². The Labute approximate surface area is 152 Å². The zero-order valence-corrected chi connectivity index (χ0v) is 15.7. The van der Waals surface area contributed by atoms with Gasteiger partial charge >= 0.3 is 11.8 Å². The summed E-state index contributed by atoms with van der Waals surface area (Å²) in [7, 11) is 0. The summed E-state index contributed by atoms with van der Waals surface area (Å²) in [6.07, 6.45) is 1.40. The van der Waals surface area contributed by atoms with Crippen LogP contribution in [0.1, 0.15) is 33.6 Å². The van der Waals surface area contributed by atoms with E-state index >= 15 is 0 Å². The summed E-state index contributed by atoms with van der Waals surface area (Å²) >= 11 is 0. The van der Waals surface area contributed by atoms with Gasteiger partial charge in [0.2, 0.25) is 0 Å². The molecule has 0 atom stereocenters. The number of aromatic nitrogens is 1. The number of hydrogen-bond acceptors (Lipinski definition) is 5. The minimum atomic E-state index is -0.481. The molecule has 0 unspecified atom stereocenters. The van der Waals surface area contributed by atoms with Gasteiger partial charge in [0.25, 0.3) is 0 Å². The summed E-state index contributed by atoms with van der Waals surface area (Å²) in [5, 5.41) is 2.94. The van der Waals surface area contributed by atoms with E-state index in [1.165, 1.54) is 0 Å². The van der Waals surface area contributed by atoms with Crippen molar-refractivity contribution in [3.8, 4) is 0 Å². The van der Waals surface area contributed by atoms with Crippen LogP contribution in [0, 0.1) is 0 Å². The van der Waals surface area contributed by atoms with Crippen LogP contribution in [-0.4, -0.2) is 46.8 Å². The van der Waals surface area contributed by atoms with Crippen molar-refractivity contribution in [3.05, 3.63) is 34.8 Å². The van der Waals surface area contributed by atoms with Gasteiger partial charge in [-0.05, 0) is 45.7 Å². The zero-order valence-electron chi connectivity index (χ0n) is 15.7. The number of rotatable bonds is 4. The van der Waals surface area contributed by atoms with Crippen molar-refractivity contribution in [3.63, 3.8) is 0 Å². The average molecular weight is 361 g/mol. The van der Waals surface area contributed by atoms with E-state index in [4.69, 9.17) is 9.15 Å². The number of piperidine rings is 1. The Balaban J connectivity index is 1.48. The fraction of sp³-hybridized carbons (Fsp3) is 0.579. The van der Waals surface area contributed by atoms with Gasteiger partial charge in [0.15, 0.2) is 5.58 Å². The van der Waals surface area contributed by atoms with Crippen molar-refractivity contribution in [1.29, 1.82) is 0 Å². The standard InChI is InChI=1S/C19H27N3O4/c1-19(2,3)26-17(23)20-14-8-10-21(11-9-14)12-13-22-15-6-4-5-7-16(15)25-18(22)24/h4-7,14H,8-13H2,1-3H3,(H,20,23). The number of likely N-dealkylation sites (tertiary alicyclic amines) is 1. The molecule has 0 bridgehead atoms. The summed E-state index contributed by atoms with van der Waals surface area (Å²) < 4.78 is 12.3. The van der Waals surface area contributed by atoms with Crippen LogP contribution in [0.3, 0.4) is 0 Å². The molecule has 1 aliphatic rings. The van der Waals surface area contributed by atoms with E-state index in [2.05, 4.69) is 10.2 Å². The van der Waals surface area contributed by atoms with Crippen molar-refractivity contribution in [2.24, 2.45) is 0 Å². The Bertz CT molecular complexity index is 810. The number of carbonyl (C=O) groups is 1. The number of hydrogen-bond donors (Lipinski definition) is 1. The van der Waals surface area contributed by atoms with Crippen LogP contribution in [0.4, 0.5) is 4.79 Å². The second-order valence-electron chi connectivity index (χ2n) is 7.75. The Morgan fingerprint density at radius 3 is 2.62 bits per heavy atom. The van der Waals surface area contributed by atoms with Crippen LogP contribution in [-0.2, 0) is 11.3 Å². The van der Waals surface area contributed by atoms with Crippen LogP contribution < -0.4 is 11.1 Å². The molecular weight excluding hydrogens is 334 g/mol. The van der Waals surface area contributed by atoms with Gasteiger partial charge in [-0.3, -0.25) is 4.57 Å². The molecule has 7 heteroatoms. The molecule has 0 radical (unpaired) electrons. The lowest BCUT2D eigenvalue weighted by Gasteiger charge is -2.32. The first-order chi connectivity index (χ1) is 12.3. The number of benzene rings is 1. The molecule has 0 saturated carbocycles. The SMILES string of the molecule is CC(C)(C)OC(=O)NC1CCN(CCn2c(=O)oc3ccccc32)CC1. The minimum Gasteiger partial charge on any atom is -0.444 e. The first kappa shape index (κ1) is 18.5. The van der Waals surface area contributed by atoms with E-state index in [-0.39, 0.29) is 17.9 Å². The number of alkyl carbamates (subject to hydrolysis) is 1. The molecule has 3 rings (SSSR count). The van der Waals surface area contributed by atoms with Gasteiger partial charge in [0.1, 0.15) is 5.60 Å². The minimum absolute atomic E-state index is 0.138. The average Bonchev–Trinajstić information content (AvgIpc) is 2.88. The van der Waals surface area contributed by atoms with Crippen LogP contribution in [0.2, 0.25) is 0 Å². The first-order valence-corrected chi connectivity index (χ1v) is 9.12. The fourth-order valence-electron chi connectivity index (χ4n) is 3.24. The molecule has 1 saturated heterocycles. The topological polar surface area (TPSA) is 76.7 Å². The fourth-order valence-corrected chi connectivity index (χ4v) is 3.24. The predicted molar refractivity (Wildman–Crippen MR) is 99.3 cm³/mol. The van der Waals surface area contributed by atoms with Crippen molar-refractivity contribution in [2.75, 3.05) is 19.6 Å². The quantitative estimate of drug-likeness (QED) is 0.906. The molecule has 0 aliphatic carbocycles. The molecule has 2 aromatic rings. The molecule has 1 amide bonds. The number of ether oxygens (including phenoxy) is 1. The van der Waals surface area contributed by atoms with E-state index in [9.17, 15) is 9.59 Å². The molecule has 0 spiro atoms. The number of carbonyl (C=O) groups excluding carboxylic acids is 1. The largest absolute Gasteiger partial charge is 0.444 e. The van der Waals surface area contributed by atoms with Crippen LogP contribution in [0.5, 0.6) is 0 Å². The Hall–Kier alpha value is -2.28. The highest BCUT2D eigenvalue weighted by molar-refractivity contribution is 5.72. The van der Waals surface area contributed by atoms with Crippen LogP contribution in [0.25, 0.3) is 11.1 Å². The molecule has 26 heavy (non-hydrogen) atoms. The van der Waals surface area contributed by atoms with Gasteiger partial charge in [-0.1, -0.05) is 12.1 Å². The zero-order chi connectivity index (χ0) is 18.7. The normalized spacial score (nSPS) is 16.7. The highest BCUT2D eigenvalue weighted by Crippen LogP contribution is 2.14. The highest BCUT2D eigenvalue weighted by Gasteiger charge is 2.23. The lowest BCUT2D eigenvalue weighted by atomic mass is 10.1. The molecule has 1 aliphatic heterocycles.